The molecule has 1 saturated carbocycles. The van der Waals surface area contributed by atoms with Crippen LogP contribution in [-0.4, -0.2) is 13.3 Å². The minimum atomic E-state index is -1.04. The van der Waals surface area contributed by atoms with Crippen LogP contribution in [0.5, 0.6) is 11.5 Å². The predicted octanol–water partition coefficient (Wildman–Crippen LogP) is 8.41. The molecule has 0 bridgehead atoms. The SMILES string of the molecule is CCOc1ccc(OCc2ccc(-c3ccc(C4CCC(C=CCF)CC4)cc3)cc2)c(F)c1F. The van der Waals surface area contributed by atoms with Gasteiger partial charge in [0.25, 0.3) is 0 Å². The van der Waals surface area contributed by atoms with Crippen molar-refractivity contribution in [2.45, 2.75) is 45.1 Å². The molecule has 0 aromatic heterocycles. The fraction of sp³-hybridized carbons (Fsp3) is 0.333. The number of hydrogen-bond donors (Lipinski definition) is 0. The van der Waals surface area contributed by atoms with Crippen molar-refractivity contribution in [2.75, 3.05) is 13.3 Å². The summed E-state index contributed by atoms with van der Waals surface area (Å²) in [5.74, 6) is -1.27. The molecule has 3 aromatic rings. The summed E-state index contributed by atoms with van der Waals surface area (Å²) in [6.07, 6.45) is 8.15. The lowest BCUT2D eigenvalue weighted by atomic mass is 9.78. The number of hydrogen-bond acceptors (Lipinski definition) is 2. The van der Waals surface area contributed by atoms with Crippen LogP contribution in [0, 0.1) is 17.6 Å². The van der Waals surface area contributed by atoms with Crippen LogP contribution in [0.3, 0.4) is 0 Å². The molecule has 0 atom stereocenters. The maximum absolute atomic E-state index is 14.2. The molecule has 0 N–H and O–H groups in total. The van der Waals surface area contributed by atoms with Crippen molar-refractivity contribution in [1.82, 2.24) is 0 Å². The molecule has 184 valence electrons. The van der Waals surface area contributed by atoms with Crippen molar-refractivity contribution in [3.8, 4) is 22.6 Å². The van der Waals surface area contributed by atoms with Gasteiger partial charge in [0.15, 0.2) is 11.5 Å². The molecule has 3 aromatic carbocycles. The van der Waals surface area contributed by atoms with Crippen molar-refractivity contribution in [1.29, 1.82) is 0 Å². The Morgan fingerprint density at radius 3 is 1.91 bits per heavy atom. The van der Waals surface area contributed by atoms with Gasteiger partial charge < -0.3 is 9.47 Å². The van der Waals surface area contributed by atoms with E-state index < -0.39 is 11.6 Å². The summed E-state index contributed by atoms with van der Waals surface area (Å²) in [5.41, 5.74) is 4.42. The Kier molecular flexibility index (Phi) is 8.51. The summed E-state index contributed by atoms with van der Waals surface area (Å²) >= 11 is 0. The van der Waals surface area contributed by atoms with Crippen molar-refractivity contribution in [3.05, 3.63) is 95.6 Å². The largest absolute Gasteiger partial charge is 0.491 e. The maximum atomic E-state index is 14.2. The van der Waals surface area contributed by atoms with Gasteiger partial charge in [-0.1, -0.05) is 60.7 Å². The van der Waals surface area contributed by atoms with E-state index in [0.29, 0.717) is 11.8 Å². The molecule has 5 heteroatoms. The molecule has 1 fully saturated rings. The Balaban J connectivity index is 1.34. The highest BCUT2D eigenvalue weighted by Gasteiger charge is 2.21. The first-order valence-corrected chi connectivity index (χ1v) is 12.2. The quantitative estimate of drug-likeness (QED) is 0.286. The first-order valence-electron chi connectivity index (χ1n) is 12.2. The molecule has 1 aliphatic rings. The van der Waals surface area contributed by atoms with Gasteiger partial charge in [0.2, 0.25) is 11.6 Å². The molecular formula is C30H31F3O2. The van der Waals surface area contributed by atoms with E-state index in [4.69, 9.17) is 9.47 Å². The van der Waals surface area contributed by atoms with Crippen LogP contribution in [-0.2, 0) is 6.61 Å². The molecule has 0 saturated heterocycles. The van der Waals surface area contributed by atoms with Crippen molar-refractivity contribution >= 4 is 0 Å². The zero-order valence-electron chi connectivity index (χ0n) is 20.0. The molecule has 0 amide bonds. The first kappa shape index (κ1) is 24.9. The Bertz CT molecular complexity index is 1120. The molecule has 0 spiro atoms. The molecular weight excluding hydrogens is 449 g/mol. The Morgan fingerprint density at radius 1 is 0.771 bits per heavy atom. The normalized spacial score (nSPS) is 18.1. The molecule has 0 aliphatic heterocycles. The van der Waals surface area contributed by atoms with Crippen LogP contribution in [0.15, 0.2) is 72.8 Å². The predicted molar refractivity (Wildman–Crippen MR) is 134 cm³/mol. The van der Waals surface area contributed by atoms with Crippen molar-refractivity contribution in [2.24, 2.45) is 5.92 Å². The fourth-order valence-corrected chi connectivity index (χ4v) is 4.68. The van der Waals surface area contributed by atoms with E-state index >= 15 is 0 Å². The number of ether oxygens (including phenoxy) is 2. The second-order valence-corrected chi connectivity index (χ2v) is 8.92. The van der Waals surface area contributed by atoms with Gasteiger partial charge in [0, 0.05) is 0 Å². The second kappa shape index (κ2) is 12.0. The summed E-state index contributed by atoms with van der Waals surface area (Å²) in [6, 6.07) is 19.3. The van der Waals surface area contributed by atoms with E-state index in [9.17, 15) is 13.2 Å². The maximum Gasteiger partial charge on any atom is 0.204 e. The van der Waals surface area contributed by atoms with Gasteiger partial charge >= 0.3 is 0 Å². The number of allylic oxidation sites excluding steroid dienone is 2. The molecule has 0 radical (unpaired) electrons. The third kappa shape index (κ3) is 6.27. The standard InChI is InChI=1S/C30H31F3O2/c1-2-34-27-17-18-28(30(33)29(27)32)35-20-22-7-11-24(12-8-22)26-15-13-25(14-16-26)23-9-5-21(6-10-23)4-3-19-31/h3-4,7-8,11-18,21,23H,2,5-6,9-10,19-20H2,1H3. The average Bonchev–Trinajstić information content (AvgIpc) is 2.90. The number of benzene rings is 3. The van der Waals surface area contributed by atoms with Crippen molar-refractivity contribution in [3.63, 3.8) is 0 Å². The zero-order chi connectivity index (χ0) is 24.6. The summed E-state index contributed by atoms with van der Waals surface area (Å²) in [6.45, 7) is 1.72. The van der Waals surface area contributed by atoms with Crippen LogP contribution < -0.4 is 9.47 Å². The summed E-state index contributed by atoms with van der Waals surface area (Å²) in [5, 5.41) is 0. The van der Waals surface area contributed by atoms with E-state index in [2.05, 4.69) is 24.3 Å². The Labute approximate surface area is 205 Å². The fourth-order valence-electron chi connectivity index (χ4n) is 4.68. The van der Waals surface area contributed by atoms with Crippen LogP contribution in [0.1, 0.15) is 49.7 Å². The lowest BCUT2D eigenvalue weighted by molar-refractivity contribution is 0.274. The molecule has 0 unspecified atom stereocenters. The van der Waals surface area contributed by atoms with E-state index in [-0.39, 0.29) is 31.4 Å². The van der Waals surface area contributed by atoms with Crippen molar-refractivity contribution < 1.29 is 22.6 Å². The second-order valence-electron chi connectivity index (χ2n) is 8.92. The van der Waals surface area contributed by atoms with Gasteiger partial charge in [0.05, 0.1) is 6.61 Å². The molecule has 1 aliphatic carbocycles. The number of halogens is 3. The third-order valence-electron chi connectivity index (χ3n) is 6.64. The van der Waals surface area contributed by atoms with E-state index in [1.165, 1.54) is 17.7 Å². The summed E-state index contributed by atoms with van der Waals surface area (Å²) < 4.78 is 51.1. The summed E-state index contributed by atoms with van der Waals surface area (Å²) in [4.78, 5) is 0. The van der Waals surface area contributed by atoms with Crippen LogP contribution in [0.2, 0.25) is 0 Å². The number of rotatable bonds is 9. The average molecular weight is 481 g/mol. The monoisotopic (exact) mass is 480 g/mol. The minimum Gasteiger partial charge on any atom is -0.491 e. The van der Waals surface area contributed by atoms with Gasteiger partial charge in [-0.2, -0.15) is 8.78 Å². The topological polar surface area (TPSA) is 18.5 Å². The van der Waals surface area contributed by atoms with Gasteiger partial charge in [-0.15, -0.1) is 0 Å². The van der Waals surface area contributed by atoms with Gasteiger partial charge in [0.1, 0.15) is 13.3 Å². The van der Waals surface area contributed by atoms with Crippen LogP contribution >= 0.6 is 0 Å². The highest BCUT2D eigenvalue weighted by atomic mass is 19.2. The van der Waals surface area contributed by atoms with E-state index in [0.717, 1.165) is 42.4 Å². The van der Waals surface area contributed by atoms with E-state index in [1.54, 1.807) is 13.0 Å². The minimum absolute atomic E-state index is 0.119. The van der Waals surface area contributed by atoms with Gasteiger partial charge in [-0.25, -0.2) is 4.39 Å². The van der Waals surface area contributed by atoms with Gasteiger partial charge in [-0.3, -0.25) is 0 Å². The van der Waals surface area contributed by atoms with Crippen LogP contribution in [0.25, 0.3) is 11.1 Å². The third-order valence-corrected chi connectivity index (χ3v) is 6.64. The molecule has 35 heavy (non-hydrogen) atoms. The van der Waals surface area contributed by atoms with Gasteiger partial charge in [-0.05, 0) is 78.8 Å². The highest BCUT2D eigenvalue weighted by Crippen LogP contribution is 2.37. The lowest BCUT2D eigenvalue weighted by Crippen LogP contribution is -2.11. The Morgan fingerprint density at radius 2 is 1.34 bits per heavy atom. The first-order chi connectivity index (χ1) is 17.1. The van der Waals surface area contributed by atoms with Crippen LogP contribution in [0.4, 0.5) is 13.2 Å². The highest BCUT2D eigenvalue weighted by molar-refractivity contribution is 5.64. The smallest absolute Gasteiger partial charge is 0.204 e. The Hall–Kier alpha value is -3.21. The molecule has 0 heterocycles. The molecule has 2 nitrogen and oxygen atoms in total. The summed E-state index contributed by atoms with van der Waals surface area (Å²) in [7, 11) is 0. The number of alkyl halides is 1. The van der Waals surface area contributed by atoms with E-state index in [1.807, 2.05) is 30.3 Å². The molecule has 4 rings (SSSR count). The zero-order valence-corrected chi connectivity index (χ0v) is 20.0. The lowest BCUT2D eigenvalue weighted by Gasteiger charge is -2.27.